The summed E-state index contributed by atoms with van der Waals surface area (Å²) in [5.74, 6) is 0. The van der Waals surface area contributed by atoms with Gasteiger partial charge in [0.15, 0.2) is 0 Å². The lowest BCUT2D eigenvalue weighted by Crippen LogP contribution is -2.14. The Labute approximate surface area is 113 Å². The Bertz CT molecular complexity index is 493. The van der Waals surface area contributed by atoms with E-state index in [1.54, 1.807) is 0 Å². The van der Waals surface area contributed by atoms with Gasteiger partial charge in [0.2, 0.25) is 0 Å². The third-order valence-electron chi connectivity index (χ3n) is 2.98. The van der Waals surface area contributed by atoms with Crippen LogP contribution in [0.3, 0.4) is 0 Å². The summed E-state index contributed by atoms with van der Waals surface area (Å²) in [5.41, 5.74) is 2.01. The molecule has 0 unspecified atom stereocenters. The summed E-state index contributed by atoms with van der Waals surface area (Å²) in [6, 6.07) is 3.80. The molecule has 2 aromatic heterocycles. The minimum Gasteiger partial charge on any atom is -0.311 e. The van der Waals surface area contributed by atoms with Gasteiger partial charge < -0.3 is 9.72 Å². The fourth-order valence-electron chi connectivity index (χ4n) is 2.00. The van der Waals surface area contributed by atoms with Crippen LogP contribution in [0.15, 0.2) is 24.5 Å². The molecule has 0 spiro atoms. The van der Waals surface area contributed by atoms with Gasteiger partial charge in [0.05, 0.1) is 10.7 Å². The second kappa shape index (κ2) is 6.76. The van der Waals surface area contributed by atoms with Crippen LogP contribution < -0.4 is 5.32 Å². The summed E-state index contributed by atoms with van der Waals surface area (Å²) >= 11 is 5.94. The zero-order chi connectivity index (χ0) is 12.8. The highest BCUT2D eigenvalue weighted by Gasteiger charge is 2.01. The second-order valence-corrected chi connectivity index (χ2v) is 5.02. The largest absolute Gasteiger partial charge is 0.311 e. The van der Waals surface area contributed by atoms with E-state index in [0.717, 1.165) is 29.5 Å². The fourth-order valence-corrected chi connectivity index (χ4v) is 2.16. The quantitative estimate of drug-likeness (QED) is 0.774. The van der Waals surface area contributed by atoms with Gasteiger partial charge in [-0.1, -0.05) is 37.8 Å². The predicted octanol–water partition coefficient (Wildman–Crippen LogP) is 3.66. The third kappa shape index (κ3) is 3.72. The van der Waals surface area contributed by atoms with Gasteiger partial charge in [0.1, 0.15) is 5.65 Å². The molecule has 2 heterocycles. The molecule has 2 aromatic rings. The highest BCUT2D eigenvalue weighted by atomic mass is 35.5. The van der Waals surface area contributed by atoms with E-state index in [0.29, 0.717) is 0 Å². The molecule has 1 N–H and O–H groups in total. The number of hydrogen-bond acceptors (Lipinski definition) is 2. The van der Waals surface area contributed by atoms with Crippen molar-refractivity contribution in [3.8, 4) is 0 Å². The number of halogens is 1. The van der Waals surface area contributed by atoms with E-state index in [2.05, 4.69) is 17.2 Å². The second-order valence-electron chi connectivity index (χ2n) is 4.58. The van der Waals surface area contributed by atoms with Gasteiger partial charge in [-0.3, -0.25) is 0 Å². The topological polar surface area (TPSA) is 29.3 Å². The molecule has 0 amide bonds. The fraction of sp³-hybridized carbons (Fsp3) is 0.500. The molecule has 18 heavy (non-hydrogen) atoms. The molecule has 0 aromatic carbocycles. The normalized spacial score (nSPS) is 11.2. The first-order chi connectivity index (χ1) is 8.79. The van der Waals surface area contributed by atoms with Crippen LogP contribution in [0, 0.1) is 0 Å². The van der Waals surface area contributed by atoms with Gasteiger partial charge in [-0.15, -0.1) is 0 Å². The van der Waals surface area contributed by atoms with Crippen molar-refractivity contribution in [2.24, 2.45) is 0 Å². The standard InChI is InChI=1S/C14H20ClN3/c1-2-3-4-5-8-16-9-13-11-18-10-12(15)6-7-14(18)17-13/h6-7,10-11,16H,2-5,8-9H2,1H3. The molecule has 0 aliphatic carbocycles. The highest BCUT2D eigenvalue weighted by molar-refractivity contribution is 6.30. The molecule has 4 heteroatoms. The molecule has 0 saturated heterocycles. The molecule has 0 fully saturated rings. The minimum absolute atomic E-state index is 0.735. The molecule has 2 rings (SSSR count). The number of hydrogen-bond donors (Lipinski definition) is 1. The average molecular weight is 266 g/mol. The number of imidazole rings is 1. The van der Waals surface area contributed by atoms with E-state index in [1.807, 2.05) is 28.9 Å². The SMILES string of the molecule is CCCCCCNCc1cn2cc(Cl)ccc2n1. The number of aromatic nitrogens is 2. The van der Waals surface area contributed by atoms with Crippen molar-refractivity contribution in [1.29, 1.82) is 0 Å². The summed E-state index contributed by atoms with van der Waals surface area (Å²) in [7, 11) is 0. The molecule has 0 aliphatic rings. The van der Waals surface area contributed by atoms with Crippen molar-refractivity contribution in [1.82, 2.24) is 14.7 Å². The number of nitrogens with zero attached hydrogens (tertiary/aromatic N) is 2. The Kier molecular flexibility index (Phi) is 5.02. The lowest BCUT2D eigenvalue weighted by Gasteiger charge is -2.01. The van der Waals surface area contributed by atoms with E-state index in [4.69, 9.17) is 11.6 Å². The van der Waals surface area contributed by atoms with E-state index >= 15 is 0 Å². The summed E-state index contributed by atoms with van der Waals surface area (Å²) in [4.78, 5) is 4.53. The van der Waals surface area contributed by atoms with Crippen LogP contribution in [0.5, 0.6) is 0 Å². The van der Waals surface area contributed by atoms with Gasteiger partial charge in [-0.2, -0.15) is 0 Å². The van der Waals surface area contributed by atoms with Crippen LogP contribution in [-0.2, 0) is 6.54 Å². The summed E-state index contributed by atoms with van der Waals surface area (Å²) in [6.07, 6.45) is 9.08. The monoisotopic (exact) mass is 265 g/mol. The van der Waals surface area contributed by atoms with E-state index < -0.39 is 0 Å². The smallest absolute Gasteiger partial charge is 0.137 e. The van der Waals surface area contributed by atoms with Crippen LogP contribution in [0.4, 0.5) is 0 Å². The lowest BCUT2D eigenvalue weighted by atomic mass is 10.2. The predicted molar refractivity (Wildman–Crippen MR) is 76.1 cm³/mol. The maximum absolute atomic E-state index is 5.94. The maximum Gasteiger partial charge on any atom is 0.137 e. The van der Waals surface area contributed by atoms with Gasteiger partial charge >= 0.3 is 0 Å². The van der Waals surface area contributed by atoms with Crippen molar-refractivity contribution in [3.05, 3.63) is 35.2 Å². The van der Waals surface area contributed by atoms with E-state index in [9.17, 15) is 0 Å². The number of fused-ring (bicyclic) bond motifs is 1. The van der Waals surface area contributed by atoms with Crippen molar-refractivity contribution < 1.29 is 0 Å². The van der Waals surface area contributed by atoms with Gasteiger partial charge in [0, 0.05) is 18.9 Å². The molecule has 0 atom stereocenters. The van der Waals surface area contributed by atoms with Crippen molar-refractivity contribution in [3.63, 3.8) is 0 Å². The highest BCUT2D eigenvalue weighted by Crippen LogP contribution is 2.11. The molecule has 3 nitrogen and oxygen atoms in total. The van der Waals surface area contributed by atoms with E-state index in [1.165, 1.54) is 25.7 Å². The zero-order valence-electron chi connectivity index (χ0n) is 10.8. The summed E-state index contributed by atoms with van der Waals surface area (Å²) in [5, 5.41) is 4.16. The van der Waals surface area contributed by atoms with E-state index in [-0.39, 0.29) is 0 Å². The number of rotatable bonds is 7. The molecule has 0 radical (unpaired) electrons. The Morgan fingerprint density at radius 3 is 2.94 bits per heavy atom. The molecule has 0 saturated carbocycles. The molecule has 0 bridgehead atoms. The van der Waals surface area contributed by atoms with Gasteiger partial charge in [-0.05, 0) is 25.1 Å². The number of unbranched alkanes of at least 4 members (excludes halogenated alkanes) is 3. The van der Waals surface area contributed by atoms with Crippen molar-refractivity contribution in [2.45, 2.75) is 39.2 Å². The first kappa shape index (κ1) is 13.4. The van der Waals surface area contributed by atoms with Crippen LogP contribution in [0.1, 0.15) is 38.3 Å². The van der Waals surface area contributed by atoms with Crippen LogP contribution in [0.2, 0.25) is 5.02 Å². The first-order valence-corrected chi connectivity index (χ1v) is 7.01. The van der Waals surface area contributed by atoms with Crippen molar-refractivity contribution >= 4 is 17.2 Å². The Morgan fingerprint density at radius 2 is 2.11 bits per heavy atom. The Hall–Kier alpha value is -1.06. The molecular weight excluding hydrogens is 246 g/mol. The van der Waals surface area contributed by atoms with Crippen LogP contribution in [0.25, 0.3) is 5.65 Å². The molecule has 0 aliphatic heterocycles. The summed E-state index contributed by atoms with van der Waals surface area (Å²) in [6.45, 7) is 4.12. The van der Waals surface area contributed by atoms with Gasteiger partial charge in [0.25, 0.3) is 0 Å². The Balaban J connectivity index is 1.81. The Morgan fingerprint density at radius 1 is 1.22 bits per heavy atom. The molecular formula is C14H20ClN3. The molecule has 98 valence electrons. The van der Waals surface area contributed by atoms with Crippen LogP contribution in [-0.4, -0.2) is 15.9 Å². The third-order valence-corrected chi connectivity index (χ3v) is 3.20. The number of nitrogens with one attached hydrogen (secondary N) is 1. The van der Waals surface area contributed by atoms with Crippen molar-refractivity contribution in [2.75, 3.05) is 6.54 Å². The zero-order valence-corrected chi connectivity index (χ0v) is 11.6. The number of pyridine rings is 1. The van der Waals surface area contributed by atoms with Gasteiger partial charge in [-0.25, -0.2) is 4.98 Å². The lowest BCUT2D eigenvalue weighted by molar-refractivity contribution is 0.594. The average Bonchev–Trinajstić information content (AvgIpc) is 2.75. The maximum atomic E-state index is 5.94. The summed E-state index contributed by atoms with van der Waals surface area (Å²) < 4.78 is 1.97. The first-order valence-electron chi connectivity index (χ1n) is 6.63. The minimum atomic E-state index is 0.735. The van der Waals surface area contributed by atoms with Crippen LogP contribution >= 0.6 is 11.6 Å².